The normalized spacial score (nSPS) is 15.4. The molecule has 1 aliphatic rings. The molecule has 0 saturated carbocycles. The molecule has 1 amide bonds. The van der Waals surface area contributed by atoms with E-state index in [0.717, 1.165) is 28.1 Å². The highest BCUT2D eigenvalue weighted by Gasteiger charge is 2.19. The standard InChI is InChI=1S/C18H19N5O2S/c1-22-14-6-2-3-7-15(14)26-18(22)21-20-17(24)13-5-4-8-19-16(13)23-9-11-25-12-10-23/h2-8H,9-12H2,1H3,(H,20,24)/b21-18-. The predicted molar refractivity (Wildman–Crippen MR) is 101 cm³/mol. The molecule has 0 aliphatic carbocycles. The summed E-state index contributed by atoms with van der Waals surface area (Å²) >= 11 is 1.53. The van der Waals surface area contributed by atoms with Gasteiger partial charge in [-0.3, -0.25) is 4.79 Å². The van der Waals surface area contributed by atoms with Gasteiger partial charge in [0.25, 0.3) is 5.91 Å². The highest BCUT2D eigenvalue weighted by molar-refractivity contribution is 7.16. The summed E-state index contributed by atoms with van der Waals surface area (Å²) in [5.74, 6) is 0.404. The van der Waals surface area contributed by atoms with Gasteiger partial charge in [0.2, 0.25) is 4.80 Å². The molecule has 2 aromatic heterocycles. The molecule has 134 valence electrons. The molecule has 0 unspecified atom stereocenters. The molecule has 1 fully saturated rings. The fraction of sp³-hybridized carbons (Fsp3) is 0.278. The summed E-state index contributed by atoms with van der Waals surface area (Å²) in [5.41, 5.74) is 4.27. The van der Waals surface area contributed by atoms with Crippen molar-refractivity contribution in [2.75, 3.05) is 31.2 Å². The number of rotatable bonds is 3. The number of nitrogens with one attached hydrogen (secondary N) is 1. The van der Waals surface area contributed by atoms with Gasteiger partial charge in [-0.15, -0.1) is 5.10 Å². The van der Waals surface area contributed by atoms with Crippen LogP contribution in [0.5, 0.6) is 0 Å². The Balaban J connectivity index is 1.61. The van der Waals surface area contributed by atoms with E-state index >= 15 is 0 Å². The topological polar surface area (TPSA) is 71.8 Å². The third kappa shape index (κ3) is 3.21. The van der Waals surface area contributed by atoms with E-state index in [-0.39, 0.29) is 5.91 Å². The Morgan fingerprint density at radius 1 is 1.23 bits per heavy atom. The molecule has 0 bridgehead atoms. The molecular weight excluding hydrogens is 350 g/mol. The molecule has 7 nitrogen and oxygen atoms in total. The van der Waals surface area contributed by atoms with Gasteiger partial charge in [0.1, 0.15) is 5.82 Å². The van der Waals surface area contributed by atoms with E-state index < -0.39 is 0 Å². The fourth-order valence-corrected chi connectivity index (χ4v) is 3.93. The first-order valence-electron chi connectivity index (χ1n) is 8.40. The average molecular weight is 369 g/mol. The Labute approximate surface area is 154 Å². The average Bonchev–Trinajstić information content (AvgIpc) is 3.03. The van der Waals surface area contributed by atoms with Gasteiger partial charge >= 0.3 is 0 Å². The number of thiazole rings is 1. The van der Waals surface area contributed by atoms with Crippen molar-refractivity contribution in [2.24, 2.45) is 12.1 Å². The summed E-state index contributed by atoms with van der Waals surface area (Å²) in [6.45, 7) is 2.72. The maximum atomic E-state index is 12.7. The van der Waals surface area contributed by atoms with Gasteiger partial charge in [-0.1, -0.05) is 23.5 Å². The van der Waals surface area contributed by atoms with E-state index in [1.807, 2.05) is 35.9 Å². The number of aromatic nitrogens is 2. The number of benzene rings is 1. The van der Waals surface area contributed by atoms with Crippen LogP contribution < -0.4 is 15.1 Å². The molecule has 0 atom stereocenters. The summed E-state index contributed by atoms with van der Waals surface area (Å²) in [6.07, 6.45) is 1.70. The number of aryl methyl sites for hydroxylation is 1. The van der Waals surface area contributed by atoms with Crippen LogP contribution in [0.2, 0.25) is 0 Å². The number of para-hydroxylation sites is 1. The Bertz CT molecular complexity index is 1000. The number of hydrogen-bond acceptors (Lipinski definition) is 6. The van der Waals surface area contributed by atoms with Gasteiger partial charge in [0, 0.05) is 26.3 Å². The number of carbonyl (C=O) groups is 1. The number of amides is 1. The van der Waals surface area contributed by atoms with Crippen LogP contribution in [0, 0.1) is 0 Å². The number of ether oxygens (including phenoxy) is 1. The molecule has 1 aliphatic heterocycles. The van der Waals surface area contributed by atoms with E-state index in [1.165, 1.54) is 11.3 Å². The molecule has 1 N–H and O–H groups in total. The minimum atomic E-state index is -0.267. The van der Waals surface area contributed by atoms with E-state index in [2.05, 4.69) is 20.4 Å². The van der Waals surface area contributed by atoms with E-state index in [0.29, 0.717) is 24.6 Å². The van der Waals surface area contributed by atoms with Crippen LogP contribution in [-0.4, -0.2) is 41.8 Å². The molecule has 3 heterocycles. The monoisotopic (exact) mass is 369 g/mol. The van der Waals surface area contributed by atoms with Gasteiger partial charge in [-0.25, -0.2) is 10.4 Å². The lowest BCUT2D eigenvalue weighted by molar-refractivity contribution is 0.0951. The highest BCUT2D eigenvalue weighted by atomic mass is 32.1. The van der Waals surface area contributed by atoms with Crippen LogP contribution >= 0.6 is 11.3 Å². The van der Waals surface area contributed by atoms with Crippen molar-refractivity contribution in [1.29, 1.82) is 0 Å². The highest BCUT2D eigenvalue weighted by Crippen LogP contribution is 2.18. The molecular formula is C18H19N5O2S. The lowest BCUT2D eigenvalue weighted by Crippen LogP contribution is -2.38. The Hall–Kier alpha value is -2.71. The maximum absolute atomic E-state index is 12.7. The Morgan fingerprint density at radius 2 is 2.04 bits per heavy atom. The Morgan fingerprint density at radius 3 is 2.85 bits per heavy atom. The number of fused-ring (bicyclic) bond motifs is 1. The number of anilines is 1. The van der Waals surface area contributed by atoms with Gasteiger partial charge in [0.15, 0.2) is 0 Å². The van der Waals surface area contributed by atoms with Crippen LogP contribution in [0.3, 0.4) is 0 Å². The van der Waals surface area contributed by atoms with Crippen LogP contribution in [0.25, 0.3) is 10.2 Å². The zero-order valence-corrected chi connectivity index (χ0v) is 15.2. The van der Waals surface area contributed by atoms with Crippen molar-refractivity contribution in [2.45, 2.75) is 0 Å². The van der Waals surface area contributed by atoms with Crippen molar-refractivity contribution in [3.8, 4) is 0 Å². The quantitative estimate of drug-likeness (QED) is 0.714. The minimum absolute atomic E-state index is 0.267. The summed E-state index contributed by atoms with van der Waals surface area (Å²) in [7, 11) is 1.94. The lowest BCUT2D eigenvalue weighted by Gasteiger charge is -2.28. The SMILES string of the molecule is Cn1/c(=N/NC(=O)c2cccnc2N2CCOCC2)sc2ccccc21. The second-order valence-corrected chi connectivity index (χ2v) is 6.95. The predicted octanol–water partition coefficient (Wildman–Crippen LogP) is 1.72. The van der Waals surface area contributed by atoms with Crippen LogP contribution in [0.1, 0.15) is 10.4 Å². The summed E-state index contributed by atoms with van der Waals surface area (Å²) in [5, 5.41) is 4.32. The van der Waals surface area contributed by atoms with E-state index in [1.54, 1.807) is 18.3 Å². The van der Waals surface area contributed by atoms with Crippen molar-refractivity contribution in [3.05, 3.63) is 53.0 Å². The van der Waals surface area contributed by atoms with Crippen molar-refractivity contribution in [1.82, 2.24) is 15.0 Å². The first-order chi connectivity index (χ1) is 12.7. The summed E-state index contributed by atoms with van der Waals surface area (Å²) < 4.78 is 8.47. The molecule has 1 aromatic carbocycles. The largest absolute Gasteiger partial charge is 0.378 e. The molecule has 1 saturated heterocycles. The first-order valence-corrected chi connectivity index (χ1v) is 9.22. The van der Waals surface area contributed by atoms with Crippen molar-refractivity contribution in [3.63, 3.8) is 0 Å². The number of nitrogens with zero attached hydrogens (tertiary/aromatic N) is 4. The minimum Gasteiger partial charge on any atom is -0.378 e. The molecule has 26 heavy (non-hydrogen) atoms. The third-order valence-corrected chi connectivity index (χ3v) is 5.42. The second kappa shape index (κ2) is 7.27. The molecule has 4 rings (SSSR count). The molecule has 3 aromatic rings. The molecule has 8 heteroatoms. The number of morpholine rings is 1. The number of pyridine rings is 1. The number of hydrogen-bond donors (Lipinski definition) is 1. The van der Waals surface area contributed by atoms with Crippen molar-refractivity contribution >= 4 is 33.3 Å². The second-order valence-electron chi connectivity index (χ2n) is 5.94. The van der Waals surface area contributed by atoms with E-state index in [9.17, 15) is 4.79 Å². The van der Waals surface area contributed by atoms with Gasteiger partial charge in [-0.05, 0) is 24.3 Å². The first kappa shape index (κ1) is 16.7. The summed E-state index contributed by atoms with van der Waals surface area (Å²) in [6, 6.07) is 11.6. The third-order valence-electron chi connectivity index (χ3n) is 4.31. The zero-order valence-electron chi connectivity index (χ0n) is 14.4. The van der Waals surface area contributed by atoms with Crippen molar-refractivity contribution < 1.29 is 9.53 Å². The number of carbonyl (C=O) groups excluding carboxylic acids is 1. The van der Waals surface area contributed by atoms with Crippen LogP contribution in [0.4, 0.5) is 5.82 Å². The Kier molecular flexibility index (Phi) is 4.68. The summed E-state index contributed by atoms with van der Waals surface area (Å²) in [4.78, 5) is 19.9. The maximum Gasteiger partial charge on any atom is 0.275 e. The van der Waals surface area contributed by atoms with Gasteiger partial charge < -0.3 is 14.2 Å². The van der Waals surface area contributed by atoms with Crippen LogP contribution in [0.15, 0.2) is 47.7 Å². The lowest BCUT2D eigenvalue weighted by atomic mass is 10.2. The van der Waals surface area contributed by atoms with E-state index in [4.69, 9.17) is 4.74 Å². The zero-order chi connectivity index (χ0) is 17.9. The smallest absolute Gasteiger partial charge is 0.275 e. The van der Waals surface area contributed by atoms with Crippen LogP contribution in [-0.2, 0) is 11.8 Å². The molecule has 0 radical (unpaired) electrons. The van der Waals surface area contributed by atoms with Gasteiger partial charge in [0.05, 0.1) is 29.0 Å². The fourth-order valence-electron chi connectivity index (χ4n) is 2.95. The van der Waals surface area contributed by atoms with Gasteiger partial charge in [-0.2, -0.15) is 0 Å². The molecule has 0 spiro atoms.